The van der Waals surface area contributed by atoms with Crippen LogP contribution in [0.5, 0.6) is 0 Å². The molecular weight excluding hydrogens is 244 g/mol. The normalized spacial score (nSPS) is 20.4. The molecule has 19 heavy (non-hydrogen) atoms. The smallest absolute Gasteiger partial charge is 0.305 e. The van der Waals surface area contributed by atoms with Crippen molar-refractivity contribution in [2.24, 2.45) is 5.92 Å². The molecule has 0 amide bonds. The number of hydrogen-bond acceptors (Lipinski definition) is 5. The maximum atomic E-state index is 11.1. The number of rotatable bonds is 9. The number of carbonyl (C=O) groups is 1. The predicted molar refractivity (Wildman–Crippen MR) is 75.2 cm³/mol. The van der Waals surface area contributed by atoms with E-state index in [1.807, 2.05) is 0 Å². The number of carbonyl (C=O) groups excluding carboxylic acids is 1. The van der Waals surface area contributed by atoms with E-state index in [2.05, 4.69) is 15.0 Å². The highest BCUT2D eigenvalue weighted by atomic mass is 16.5. The quantitative estimate of drug-likeness (QED) is 0.499. The molecule has 5 heteroatoms. The summed E-state index contributed by atoms with van der Waals surface area (Å²) >= 11 is 0. The van der Waals surface area contributed by atoms with Crippen molar-refractivity contribution in [2.45, 2.75) is 25.7 Å². The highest BCUT2D eigenvalue weighted by Crippen LogP contribution is 2.16. The number of esters is 1. The zero-order valence-electron chi connectivity index (χ0n) is 12.3. The summed E-state index contributed by atoms with van der Waals surface area (Å²) in [5.41, 5.74) is 0. The SMILES string of the molecule is COCCNCC1CCCN(CCCC(=O)OC)C1. The van der Waals surface area contributed by atoms with Gasteiger partial charge in [0, 0.05) is 26.6 Å². The molecule has 0 spiro atoms. The van der Waals surface area contributed by atoms with Gasteiger partial charge in [0.2, 0.25) is 0 Å². The summed E-state index contributed by atoms with van der Waals surface area (Å²) in [6, 6.07) is 0. The van der Waals surface area contributed by atoms with Gasteiger partial charge in [0.25, 0.3) is 0 Å². The lowest BCUT2D eigenvalue weighted by Crippen LogP contribution is -2.40. The molecule has 1 rings (SSSR count). The van der Waals surface area contributed by atoms with Gasteiger partial charge in [-0.15, -0.1) is 0 Å². The first kappa shape index (κ1) is 16.4. The number of hydrogen-bond donors (Lipinski definition) is 1. The monoisotopic (exact) mass is 272 g/mol. The Labute approximate surface area is 116 Å². The van der Waals surface area contributed by atoms with Gasteiger partial charge >= 0.3 is 5.97 Å². The summed E-state index contributed by atoms with van der Waals surface area (Å²) in [6.07, 6.45) is 3.99. The highest BCUT2D eigenvalue weighted by molar-refractivity contribution is 5.69. The Morgan fingerprint density at radius 3 is 3.00 bits per heavy atom. The number of ether oxygens (including phenoxy) is 2. The molecule has 1 saturated heterocycles. The van der Waals surface area contributed by atoms with E-state index < -0.39 is 0 Å². The Hall–Kier alpha value is -0.650. The van der Waals surface area contributed by atoms with E-state index in [9.17, 15) is 4.79 Å². The number of nitrogens with zero attached hydrogens (tertiary/aromatic N) is 1. The minimum absolute atomic E-state index is 0.102. The van der Waals surface area contributed by atoms with Crippen LogP contribution in [0.3, 0.4) is 0 Å². The zero-order valence-corrected chi connectivity index (χ0v) is 12.3. The number of nitrogens with one attached hydrogen (secondary N) is 1. The molecule has 112 valence electrons. The van der Waals surface area contributed by atoms with Crippen LogP contribution in [0.4, 0.5) is 0 Å². The highest BCUT2D eigenvalue weighted by Gasteiger charge is 2.19. The molecule has 1 N–H and O–H groups in total. The third-order valence-corrected chi connectivity index (χ3v) is 3.60. The molecule has 1 heterocycles. The Balaban J connectivity index is 2.10. The van der Waals surface area contributed by atoms with Gasteiger partial charge in [-0.3, -0.25) is 4.79 Å². The molecule has 5 nitrogen and oxygen atoms in total. The summed E-state index contributed by atoms with van der Waals surface area (Å²) < 4.78 is 9.68. The predicted octanol–water partition coefficient (Wildman–Crippen LogP) is 0.888. The molecule has 0 aromatic heterocycles. The summed E-state index contributed by atoms with van der Waals surface area (Å²) in [4.78, 5) is 13.5. The van der Waals surface area contributed by atoms with Crippen molar-refractivity contribution in [2.75, 3.05) is 53.6 Å². The molecule has 1 aliphatic rings. The van der Waals surface area contributed by atoms with Gasteiger partial charge in [0.15, 0.2) is 0 Å². The van der Waals surface area contributed by atoms with Crippen LogP contribution in [0.25, 0.3) is 0 Å². The third-order valence-electron chi connectivity index (χ3n) is 3.60. The first-order valence-corrected chi connectivity index (χ1v) is 7.25. The fourth-order valence-electron chi connectivity index (χ4n) is 2.55. The van der Waals surface area contributed by atoms with Crippen LogP contribution in [0.2, 0.25) is 0 Å². The Bertz CT molecular complexity index is 249. The molecule has 1 atom stereocenters. The largest absolute Gasteiger partial charge is 0.469 e. The molecule has 0 aliphatic carbocycles. The van der Waals surface area contributed by atoms with Crippen molar-refractivity contribution in [3.63, 3.8) is 0 Å². The van der Waals surface area contributed by atoms with Gasteiger partial charge in [-0.25, -0.2) is 0 Å². The maximum Gasteiger partial charge on any atom is 0.305 e. The lowest BCUT2D eigenvalue weighted by molar-refractivity contribution is -0.140. The van der Waals surface area contributed by atoms with Crippen LogP contribution in [0.1, 0.15) is 25.7 Å². The van der Waals surface area contributed by atoms with Crippen molar-refractivity contribution in [1.82, 2.24) is 10.2 Å². The Morgan fingerprint density at radius 2 is 2.26 bits per heavy atom. The van der Waals surface area contributed by atoms with E-state index in [4.69, 9.17) is 4.74 Å². The minimum Gasteiger partial charge on any atom is -0.469 e. The average Bonchev–Trinajstić information content (AvgIpc) is 2.44. The topological polar surface area (TPSA) is 50.8 Å². The van der Waals surface area contributed by atoms with Gasteiger partial charge in [0.05, 0.1) is 13.7 Å². The van der Waals surface area contributed by atoms with Crippen molar-refractivity contribution >= 4 is 5.97 Å². The standard InChI is InChI=1S/C14H28N2O3/c1-18-10-7-15-11-13-5-3-8-16(12-13)9-4-6-14(17)19-2/h13,15H,3-12H2,1-2H3. The summed E-state index contributed by atoms with van der Waals surface area (Å²) in [5, 5.41) is 3.43. The number of likely N-dealkylation sites (tertiary alicyclic amines) is 1. The van der Waals surface area contributed by atoms with E-state index in [-0.39, 0.29) is 5.97 Å². The number of methoxy groups -OCH3 is 2. The first-order chi connectivity index (χ1) is 9.26. The van der Waals surface area contributed by atoms with Gasteiger partial charge in [-0.1, -0.05) is 0 Å². The van der Waals surface area contributed by atoms with E-state index in [0.717, 1.165) is 51.7 Å². The van der Waals surface area contributed by atoms with Crippen molar-refractivity contribution in [1.29, 1.82) is 0 Å². The second kappa shape index (κ2) is 10.2. The van der Waals surface area contributed by atoms with Gasteiger partial charge in [-0.2, -0.15) is 0 Å². The Kier molecular flexibility index (Phi) is 8.79. The van der Waals surface area contributed by atoms with Crippen molar-refractivity contribution in [3.05, 3.63) is 0 Å². The molecule has 0 aromatic carbocycles. The summed E-state index contributed by atoms with van der Waals surface area (Å²) in [6.45, 7) is 6.07. The van der Waals surface area contributed by atoms with E-state index in [0.29, 0.717) is 6.42 Å². The maximum absolute atomic E-state index is 11.1. The van der Waals surface area contributed by atoms with Crippen molar-refractivity contribution in [3.8, 4) is 0 Å². The van der Waals surface area contributed by atoms with Crippen LogP contribution in [0, 0.1) is 5.92 Å². The molecule has 0 aromatic rings. The molecule has 1 fully saturated rings. The molecule has 0 radical (unpaired) electrons. The third kappa shape index (κ3) is 7.50. The first-order valence-electron chi connectivity index (χ1n) is 7.25. The van der Waals surface area contributed by atoms with Gasteiger partial charge < -0.3 is 19.7 Å². The van der Waals surface area contributed by atoms with Crippen LogP contribution in [-0.2, 0) is 14.3 Å². The number of piperidine rings is 1. The summed E-state index contributed by atoms with van der Waals surface area (Å²) in [5.74, 6) is 0.624. The minimum atomic E-state index is -0.102. The van der Waals surface area contributed by atoms with Crippen molar-refractivity contribution < 1.29 is 14.3 Å². The van der Waals surface area contributed by atoms with Gasteiger partial charge in [0.1, 0.15) is 0 Å². The fraction of sp³-hybridized carbons (Fsp3) is 0.929. The lowest BCUT2D eigenvalue weighted by Gasteiger charge is -2.32. The fourth-order valence-corrected chi connectivity index (χ4v) is 2.55. The summed E-state index contributed by atoms with van der Waals surface area (Å²) in [7, 11) is 3.18. The van der Waals surface area contributed by atoms with Crippen LogP contribution in [-0.4, -0.2) is 64.4 Å². The van der Waals surface area contributed by atoms with E-state index in [1.165, 1.54) is 20.0 Å². The molecular formula is C14H28N2O3. The van der Waals surface area contributed by atoms with Crippen LogP contribution >= 0.6 is 0 Å². The molecule has 1 aliphatic heterocycles. The molecule has 1 unspecified atom stereocenters. The molecule has 0 bridgehead atoms. The van der Waals surface area contributed by atoms with E-state index in [1.54, 1.807) is 7.11 Å². The van der Waals surface area contributed by atoms with Crippen LogP contribution in [0.15, 0.2) is 0 Å². The second-order valence-electron chi connectivity index (χ2n) is 5.19. The Morgan fingerprint density at radius 1 is 1.42 bits per heavy atom. The van der Waals surface area contributed by atoms with E-state index >= 15 is 0 Å². The lowest BCUT2D eigenvalue weighted by atomic mass is 9.98. The molecule has 0 saturated carbocycles. The van der Waals surface area contributed by atoms with Gasteiger partial charge in [-0.05, 0) is 44.8 Å². The zero-order chi connectivity index (χ0) is 13.9. The average molecular weight is 272 g/mol. The van der Waals surface area contributed by atoms with Crippen LogP contribution < -0.4 is 5.32 Å². The second-order valence-corrected chi connectivity index (χ2v) is 5.19.